The summed E-state index contributed by atoms with van der Waals surface area (Å²) < 4.78 is 1.62. The number of rotatable bonds is 2. The number of pyridine rings is 1. The van der Waals surface area contributed by atoms with Crippen molar-refractivity contribution in [1.82, 2.24) is 24.8 Å². The fourth-order valence-corrected chi connectivity index (χ4v) is 1.47. The van der Waals surface area contributed by atoms with Crippen molar-refractivity contribution in [3.63, 3.8) is 0 Å². The van der Waals surface area contributed by atoms with Crippen molar-refractivity contribution in [3.8, 4) is 0 Å². The molecule has 0 aromatic carbocycles. The molecule has 0 aliphatic heterocycles. The van der Waals surface area contributed by atoms with Crippen molar-refractivity contribution in [2.45, 2.75) is 0 Å². The zero-order chi connectivity index (χ0) is 11.7. The number of nitrogens with zero attached hydrogens (tertiary/aromatic N) is 4. The van der Waals surface area contributed by atoms with Crippen LogP contribution in [0.25, 0.3) is 5.65 Å². The number of nitrogens with one attached hydrogen (secondary N) is 2. The van der Waals surface area contributed by atoms with Gasteiger partial charge in [-0.05, 0) is 12.1 Å². The van der Waals surface area contributed by atoms with Crippen molar-refractivity contribution in [1.29, 1.82) is 0 Å². The topological polar surface area (TPSA) is 88.0 Å². The highest BCUT2D eigenvalue weighted by Crippen LogP contribution is 2.10. The number of hydrogen-bond acceptors (Lipinski definition) is 4. The molecule has 0 fully saturated rings. The van der Waals surface area contributed by atoms with Crippen molar-refractivity contribution >= 4 is 17.2 Å². The van der Waals surface area contributed by atoms with Crippen molar-refractivity contribution in [2.24, 2.45) is 0 Å². The first-order valence-electron chi connectivity index (χ1n) is 4.93. The lowest BCUT2D eigenvalue weighted by atomic mass is 10.3. The van der Waals surface area contributed by atoms with Gasteiger partial charge in [-0.2, -0.15) is 10.2 Å². The number of carbonyl (C=O) groups excluding carboxylic acids is 1. The van der Waals surface area contributed by atoms with Gasteiger partial charge in [0.1, 0.15) is 12.0 Å². The summed E-state index contributed by atoms with van der Waals surface area (Å²) in [5.41, 5.74) is 1.74. The average Bonchev–Trinajstić information content (AvgIpc) is 2.99. The molecule has 0 radical (unpaired) electrons. The Morgan fingerprint density at radius 2 is 2.35 bits per heavy atom. The van der Waals surface area contributed by atoms with Crippen LogP contribution in [0.1, 0.15) is 10.5 Å². The minimum absolute atomic E-state index is 0.244. The Kier molecular flexibility index (Phi) is 2.08. The number of fused-ring (bicyclic) bond motifs is 1. The maximum absolute atomic E-state index is 11.7. The number of amides is 1. The quantitative estimate of drug-likeness (QED) is 0.676. The molecule has 0 saturated heterocycles. The molecule has 3 aromatic heterocycles. The number of aromatic amines is 1. The molecule has 0 atom stereocenters. The minimum atomic E-state index is -0.244. The van der Waals surface area contributed by atoms with E-state index in [2.05, 4.69) is 25.6 Å². The molecule has 1 amide bonds. The molecule has 17 heavy (non-hydrogen) atoms. The van der Waals surface area contributed by atoms with E-state index in [0.29, 0.717) is 17.0 Å². The number of carbonyl (C=O) groups is 1. The zero-order valence-corrected chi connectivity index (χ0v) is 8.66. The largest absolute Gasteiger partial charge is 0.320 e. The van der Waals surface area contributed by atoms with E-state index in [1.807, 2.05) is 0 Å². The van der Waals surface area contributed by atoms with Crippen molar-refractivity contribution in [2.75, 3.05) is 5.32 Å². The molecule has 7 nitrogen and oxygen atoms in total. The van der Waals surface area contributed by atoms with Gasteiger partial charge in [0.25, 0.3) is 5.91 Å². The number of aromatic nitrogens is 5. The van der Waals surface area contributed by atoms with Crippen molar-refractivity contribution < 1.29 is 4.79 Å². The predicted octanol–water partition coefficient (Wildman–Crippen LogP) is 0.705. The Morgan fingerprint density at radius 1 is 1.41 bits per heavy atom. The average molecular weight is 228 g/mol. The van der Waals surface area contributed by atoms with Gasteiger partial charge in [-0.15, -0.1) is 0 Å². The molecule has 0 saturated carbocycles. The summed E-state index contributed by atoms with van der Waals surface area (Å²) in [5, 5.41) is 13.0. The summed E-state index contributed by atoms with van der Waals surface area (Å²) in [6.45, 7) is 0. The van der Waals surface area contributed by atoms with E-state index in [4.69, 9.17) is 0 Å². The number of anilines is 1. The van der Waals surface area contributed by atoms with E-state index in [1.165, 1.54) is 12.5 Å². The van der Waals surface area contributed by atoms with E-state index in [1.54, 1.807) is 28.9 Å². The second kappa shape index (κ2) is 3.71. The lowest BCUT2D eigenvalue weighted by molar-refractivity contribution is 0.102. The molecule has 3 heterocycles. The molecule has 0 spiro atoms. The van der Waals surface area contributed by atoms with Gasteiger partial charge >= 0.3 is 0 Å². The SMILES string of the molecule is O=C(Nc1ccn2ncnc2c1)c1ccn[nH]1. The normalized spacial score (nSPS) is 10.6. The molecule has 0 unspecified atom stereocenters. The Balaban J connectivity index is 1.87. The summed E-state index contributed by atoms with van der Waals surface area (Å²) >= 11 is 0. The van der Waals surface area contributed by atoms with Gasteiger partial charge in [0.05, 0.1) is 0 Å². The second-order valence-electron chi connectivity index (χ2n) is 3.40. The predicted molar refractivity (Wildman–Crippen MR) is 59.5 cm³/mol. The Labute approximate surface area is 95.5 Å². The van der Waals surface area contributed by atoms with Crippen LogP contribution in [0.2, 0.25) is 0 Å². The van der Waals surface area contributed by atoms with Crippen LogP contribution >= 0.6 is 0 Å². The van der Waals surface area contributed by atoms with Crippen LogP contribution in [-0.4, -0.2) is 30.7 Å². The Hall–Kier alpha value is -2.70. The monoisotopic (exact) mass is 228 g/mol. The molecule has 0 bridgehead atoms. The highest BCUT2D eigenvalue weighted by Gasteiger charge is 2.07. The van der Waals surface area contributed by atoms with E-state index in [-0.39, 0.29) is 5.91 Å². The molecule has 2 N–H and O–H groups in total. The van der Waals surface area contributed by atoms with Crippen LogP contribution in [0.3, 0.4) is 0 Å². The molecule has 0 aliphatic rings. The smallest absolute Gasteiger partial charge is 0.273 e. The summed E-state index contributed by atoms with van der Waals surface area (Å²) in [6.07, 6.45) is 4.71. The highest BCUT2D eigenvalue weighted by molar-refractivity contribution is 6.02. The molecule has 3 rings (SSSR count). The lowest BCUT2D eigenvalue weighted by Gasteiger charge is -2.03. The summed E-state index contributed by atoms with van der Waals surface area (Å²) in [6, 6.07) is 5.09. The zero-order valence-electron chi connectivity index (χ0n) is 8.66. The Bertz CT molecular complexity index is 656. The molecule has 7 heteroatoms. The van der Waals surface area contributed by atoms with Crippen LogP contribution in [0, 0.1) is 0 Å². The first-order chi connectivity index (χ1) is 8.33. The van der Waals surface area contributed by atoms with Crippen LogP contribution in [-0.2, 0) is 0 Å². The molecular formula is C10H8N6O. The van der Waals surface area contributed by atoms with Gasteiger partial charge in [-0.25, -0.2) is 9.50 Å². The van der Waals surface area contributed by atoms with Crippen molar-refractivity contribution in [3.05, 3.63) is 42.6 Å². The summed E-state index contributed by atoms with van der Waals surface area (Å²) in [4.78, 5) is 15.8. The molecule has 0 aliphatic carbocycles. The van der Waals surface area contributed by atoms with E-state index < -0.39 is 0 Å². The second-order valence-corrected chi connectivity index (χ2v) is 3.40. The fourth-order valence-electron chi connectivity index (χ4n) is 1.47. The third kappa shape index (κ3) is 1.73. The number of H-pyrrole nitrogens is 1. The molecular weight excluding hydrogens is 220 g/mol. The van der Waals surface area contributed by atoms with E-state index in [9.17, 15) is 4.79 Å². The first kappa shape index (κ1) is 9.52. The van der Waals surface area contributed by atoms with Crippen LogP contribution in [0.4, 0.5) is 5.69 Å². The maximum Gasteiger partial charge on any atom is 0.273 e. The fraction of sp³-hybridized carbons (Fsp3) is 0. The van der Waals surface area contributed by atoms with E-state index >= 15 is 0 Å². The van der Waals surface area contributed by atoms with Crippen LogP contribution in [0.5, 0.6) is 0 Å². The third-order valence-electron chi connectivity index (χ3n) is 2.28. The minimum Gasteiger partial charge on any atom is -0.320 e. The van der Waals surface area contributed by atoms with Gasteiger partial charge in [-0.3, -0.25) is 9.89 Å². The number of hydrogen-bond donors (Lipinski definition) is 2. The van der Waals surface area contributed by atoms with Gasteiger partial charge in [0, 0.05) is 24.1 Å². The highest BCUT2D eigenvalue weighted by atomic mass is 16.1. The van der Waals surface area contributed by atoms with E-state index in [0.717, 1.165) is 0 Å². The third-order valence-corrected chi connectivity index (χ3v) is 2.28. The maximum atomic E-state index is 11.7. The standard InChI is InChI=1S/C10H8N6O/c17-10(8-1-3-12-15-8)14-7-2-4-16-9(5-7)11-6-13-16/h1-6H,(H,12,15)(H,14,17). The molecule has 84 valence electrons. The van der Waals surface area contributed by atoms with Gasteiger partial charge in [-0.1, -0.05) is 0 Å². The van der Waals surface area contributed by atoms with Gasteiger partial charge < -0.3 is 5.32 Å². The summed E-state index contributed by atoms with van der Waals surface area (Å²) in [7, 11) is 0. The molecule has 3 aromatic rings. The summed E-state index contributed by atoms with van der Waals surface area (Å²) in [5.74, 6) is -0.244. The lowest BCUT2D eigenvalue weighted by Crippen LogP contribution is -2.12. The van der Waals surface area contributed by atoms with Crippen LogP contribution in [0.15, 0.2) is 36.9 Å². The van der Waals surface area contributed by atoms with Crippen LogP contribution < -0.4 is 5.32 Å². The van der Waals surface area contributed by atoms with Gasteiger partial charge in [0.15, 0.2) is 5.65 Å². The Morgan fingerprint density at radius 3 is 3.18 bits per heavy atom. The first-order valence-corrected chi connectivity index (χ1v) is 4.93. The van der Waals surface area contributed by atoms with Gasteiger partial charge in [0.2, 0.25) is 0 Å².